The second kappa shape index (κ2) is 16.7. The zero-order valence-electron chi connectivity index (χ0n) is 34.2. The standard InChI is InChI=1S/C58H40N4S/c1-3-9-39(10-4-1)41-15-19-43(20-16-41)45-23-27-51(55(37-45)61-49-25-29-53-47(35-49)13-7-33-59-53)57-31-32-58(63-57)52-28-24-46(44-21-17-42(18-22-44)40-11-5-2-6-12-40)38-56(52)62-50-26-30-54-48(36-50)14-8-34-60-54/h1-38,61-62H. The first-order valence-corrected chi connectivity index (χ1v) is 21.9. The summed E-state index contributed by atoms with van der Waals surface area (Å²) < 4.78 is 0. The third-order valence-electron chi connectivity index (χ3n) is 11.6. The molecule has 3 heterocycles. The Morgan fingerprint density at radius 3 is 1.11 bits per heavy atom. The van der Waals surface area contributed by atoms with Crippen molar-refractivity contribution in [3.05, 3.63) is 231 Å². The Morgan fingerprint density at radius 1 is 0.302 bits per heavy atom. The molecule has 63 heavy (non-hydrogen) atoms. The quantitative estimate of drug-likeness (QED) is 0.144. The molecule has 4 nitrogen and oxygen atoms in total. The van der Waals surface area contributed by atoms with Gasteiger partial charge in [-0.15, -0.1) is 11.3 Å². The van der Waals surface area contributed by atoms with Gasteiger partial charge in [-0.25, -0.2) is 0 Å². The molecule has 0 aliphatic carbocycles. The Bertz CT molecular complexity index is 3150. The first-order valence-electron chi connectivity index (χ1n) is 21.1. The summed E-state index contributed by atoms with van der Waals surface area (Å²) >= 11 is 1.80. The molecule has 8 aromatic carbocycles. The minimum atomic E-state index is 0.971. The molecule has 0 radical (unpaired) electrons. The van der Waals surface area contributed by atoms with Crippen molar-refractivity contribution in [1.82, 2.24) is 9.97 Å². The number of rotatable bonds is 10. The van der Waals surface area contributed by atoms with Gasteiger partial charge >= 0.3 is 0 Å². The SMILES string of the molecule is c1ccc(-c2ccc(-c3ccc(-c4ccc(-c5ccc(-c6ccc(-c7ccccc7)cc6)cc5Nc5ccc6ncccc6c5)s4)c(Nc4ccc5ncccc5c4)c3)cc2)cc1. The van der Waals surface area contributed by atoms with Gasteiger partial charge in [0.2, 0.25) is 0 Å². The van der Waals surface area contributed by atoms with E-state index in [2.05, 4.69) is 227 Å². The number of hydrogen-bond donors (Lipinski definition) is 2. The molecule has 0 bridgehead atoms. The summed E-state index contributed by atoms with van der Waals surface area (Å²) in [5.74, 6) is 0. The van der Waals surface area contributed by atoms with Crippen LogP contribution in [0.15, 0.2) is 231 Å². The molecule has 0 saturated carbocycles. The lowest BCUT2D eigenvalue weighted by molar-refractivity contribution is 1.41. The van der Waals surface area contributed by atoms with Crippen LogP contribution in [-0.4, -0.2) is 9.97 Å². The highest BCUT2D eigenvalue weighted by molar-refractivity contribution is 7.19. The number of hydrogen-bond acceptors (Lipinski definition) is 5. The van der Waals surface area contributed by atoms with Gasteiger partial charge in [-0.05, 0) is 117 Å². The van der Waals surface area contributed by atoms with Crippen LogP contribution in [-0.2, 0) is 0 Å². The van der Waals surface area contributed by atoms with E-state index in [-0.39, 0.29) is 0 Å². The normalized spacial score (nSPS) is 11.2. The number of benzene rings is 8. The highest BCUT2D eigenvalue weighted by Crippen LogP contribution is 2.44. The van der Waals surface area contributed by atoms with Crippen molar-refractivity contribution in [2.45, 2.75) is 0 Å². The summed E-state index contributed by atoms with van der Waals surface area (Å²) in [6.07, 6.45) is 3.68. The third kappa shape index (κ3) is 7.97. The molecule has 5 heteroatoms. The Morgan fingerprint density at radius 2 is 0.683 bits per heavy atom. The molecular weight excluding hydrogens is 785 g/mol. The van der Waals surface area contributed by atoms with E-state index in [0.29, 0.717) is 0 Å². The molecule has 0 amide bonds. The van der Waals surface area contributed by atoms with Crippen LogP contribution in [0.2, 0.25) is 0 Å². The van der Waals surface area contributed by atoms with Crippen LogP contribution < -0.4 is 10.6 Å². The summed E-state index contributed by atoms with van der Waals surface area (Å²) in [5, 5.41) is 9.82. The molecule has 11 rings (SSSR count). The van der Waals surface area contributed by atoms with Crippen molar-refractivity contribution in [2.24, 2.45) is 0 Å². The molecule has 0 aliphatic heterocycles. The largest absolute Gasteiger partial charge is 0.355 e. The summed E-state index contributed by atoms with van der Waals surface area (Å²) in [4.78, 5) is 11.5. The zero-order valence-corrected chi connectivity index (χ0v) is 35.1. The Labute approximate surface area is 370 Å². The summed E-state index contributed by atoms with van der Waals surface area (Å²) in [7, 11) is 0. The van der Waals surface area contributed by atoms with Crippen molar-refractivity contribution in [1.29, 1.82) is 0 Å². The second-order valence-corrected chi connectivity index (χ2v) is 16.7. The first-order chi connectivity index (χ1) is 31.2. The maximum Gasteiger partial charge on any atom is 0.0703 e. The summed E-state index contributed by atoms with van der Waals surface area (Å²) in [6.45, 7) is 0. The third-order valence-corrected chi connectivity index (χ3v) is 12.7. The molecule has 0 saturated heterocycles. The maximum absolute atomic E-state index is 4.56. The van der Waals surface area contributed by atoms with E-state index >= 15 is 0 Å². The second-order valence-electron chi connectivity index (χ2n) is 15.6. The van der Waals surface area contributed by atoms with Gasteiger partial charge in [-0.3, -0.25) is 9.97 Å². The Balaban J connectivity index is 0.972. The van der Waals surface area contributed by atoms with Crippen molar-refractivity contribution < 1.29 is 0 Å². The molecule has 298 valence electrons. The van der Waals surface area contributed by atoms with Crippen molar-refractivity contribution in [3.8, 4) is 65.4 Å². The lowest BCUT2D eigenvalue weighted by Crippen LogP contribution is -1.94. The molecule has 0 spiro atoms. The van der Waals surface area contributed by atoms with Gasteiger partial charge < -0.3 is 10.6 Å². The zero-order chi connectivity index (χ0) is 42.0. The van der Waals surface area contributed by atoms with Crippen LogP contribution in [0.3, 0.4) is 0 Å². The van der Waals surface area contributed by atoms with Crippen LogP contribution in [0.5, 0.6) is 0 Å². The minimum absolute atomic E-state index is 0.971. The fraction of sp³-hybridized carbons (Fsp3) is 0. The molecule has 3 aromatic heterocycles. The smallest absolute Gasteiger partial charge is 0.0703 e. The average Bonchev–Trinajstić information content (AvgIpc) is 3.84. The van der Waals surface area contributed by atoms with Crippen molar-refractivity contribution >= 4 is 55.9 Å². The van der Waals surface area contributed by atoms with E-state index in [1.165, 1.54) is 32.0 Å². The van der Waals surface area contributed by atoms with Gasteiger partial charge in [0.05, 0.1) is 11.0 Å². The topological polar surface area (TPSA) is 49.8 Å². The molecule has 0 fully saturated rings. The number of anilines is 4. The lowest BCUT2D eigenvalue weighted by atomic mass is 9.98. The lowest BCUT2D eigenvalue weighted by Gasteiger charge is -2.15. The van der Waals surface area contributed by atoms with Crippen LogP contribution in [0.25, 0.3) is 87.2 Å². The van der Waals surface area contributed by atoms with E-state index in [9.17, 15) is 0 Å². The number of nitrogens with zero attached hydrogens (tertiary/aromatic N) is 2. The predicted molar refractivity (Wildman–Crippen MR) is 267 cm³/mol. The number of thiophene rings is 1. The van der Waals surface area contributed by atoms with E-state index in [0.717, 1.165) is 77.9 Å². The number of aromatic nitrogens is 2. The van der Waals surface area contributed by atoms with E-state index in [1.807, 2.05) is 24.5 Å². The Hall–Kier alpha value is -8.12. The number of pyridine rings is 2. The van der Waals surface area contributed by atoms with Gasteiger partial charge in [0, 0.05) is 66.8 Å². The van der Waals surface area contributed by atoms with Gasteiger partial charge in [-0.1, -0.05) is 146 Å². The average molecular weight is 825 g/mol. The summed E-state index contributed by atoms with van der Waals surface area (Å²) in [5.41, 5.74) is 17.7. The van der Waals surface area contributed by atoms with Crippen LogP contribution in [0.1, 0.15) is 0 Å². The molecule has 0 atom stereocenters. The fourth-order valence-electron chi connectivity index (χ4n) is 8.30. The summed E-state index contributed by atoms with van der Waals surface area (Å²) in [6, 6.07) is 77.7. The van der Waals surface area contributed by atoms with Crippen molar-refractivity contribution in [3.63, 3.8) is 0 Å². The number of nitrogens with one attached hydrogen (secondary N) is 2. The van der Waals surface area contributed by atoms with Crippen molar-refractivity contribution in [2.75, 3.05) is 10.6 Å². The maximum atomic E-state index is 4.56. The minimum Gasteiger partial charge on any atom is -0.355 e. The van der Waals surface area contributed by atoms with Gasteiger partial charge in [0.1, 0.15) is 0 Å². The molecular formula is C58H40N4S. The Kier molecular flexibility index (Phi) is 10.1. The van der Waals surface area contributed by atoms with Crippen LogP contribution >= 0.6 is 11.3 Å². The molecule has 0 aliphatic rings. The molecule has 11 aromatic rings. The highest BCUT2D eigenvalue weighted by atomic mass is 32.1. The monoisotopic (exact) mass is 824 g/mol. The number of fused-ring (bicyclic) bond motifs is 2. The van der Waals surface area contributed by atoms with Crippen LogP contribution in [0.4, 0.5) is 22.7 Å². The van der Waals surface area contributed by atoms with Crippen LogP contribution in [0, 0.1) is 0 Å². The fourth-order valence-corrected chi connectivity index (χ4v) is 9.39. The predicted octanol–water partition coefficient (Wildman–Crippen LogP) is 16.3. The van der Waals surface area contributed by atoms with Gasteiger partial charge in [0.15, 0.2) is 0 Å². The van der Waals surface area contributed by atoms with E-state index < -0.39 is 0 Å². The van der Waals surface area contributed by atoms with Gasteiger partial charge in [0.25, 0.3) is 0 Å². The van der Waals surface area contributed by atoms with E-state index in [4.69, 9.17) is 0 Å². The highest BCUT2D eigenvalue weighted by Gasteiger charge is 2.16. The van der Waals surface area contributed by atoms with E-state index in [1.54, 1.807) is 11.3 Å². The molecule has 2 N–H and O–H groups in total. The first kappa shape index (κ1) is 37.8. The molecule has 0 unspecified atom stereocenters. The van der Waals surface area contributed by atoms with Gasteiger partial charge in [-0.2, -0.15) is 0 Å².